The van der Waals surface area contributed by atoms with Crippen LogP contribution in [0.1, 0.15) is 117 Å². The summed E-state index contributed by atoms with van der Waals surface area (Å²) in [7, 11) is -0.765. The Bertz CT molecular complexity index is 1310. The van der Waals surface area contributed by atoms with Crippen molar-refractivity contribution in [1.82, 2.24) is 0 Å². The molecule has 4 saturated carbocycles. The fourth-order valence-electron chi connectivity index (χ4n) is 7.90. The number of halogens is 1. The van der Waals surface area contributed by atoms with Crippen molar-refractivity contribution in [3.63, 3.8) is 0 Å². The van der Waals surface area contributed by atoms with E-state index in [0.29, 0.717) is 22.8 Å². The molecule has 4 fully saturated rings. The number of ether oxygens (including phenoxy) is 2. The van der Waals surface area contributed by atoms with Crippen molar-refractivity contribution >= 4 is 75.6 Å². The van der Waals surface area contributed by atoms with Crippen LogP contribution in [0.15, 0.2) is 60.7 Å². The van der Waals surface area contributed by atoms with Gasteiger partial charge in [0.25, 0.3) is 0 Å². The maximum atomic E-state index is 12.4. The van der Waals surface area contributed by atoms with Gasteiger partial charge in [-0.3, -0.25) is 13.8 Å². The minimum atomic E-state index is -0.765. The Labute approximate surface area is 325 Å². The van der Waals surface area contributed by atoms with Crippen molar-refractivity contribution in [2.45, 2.75) is 116 Å². The Morgan fingerprint density at radius 1 is 0.735 bits per heavy atom. The fourth-order valence-corrected chi connectivity index (χ4v) is 9.06. The van der Waals surface area contributed by atoms with Crippen LogP contribution >= 0.6 is 52.9 Å². The summed E-state index contributed by atoms with van der Waals surface area (Å²) in [5, 5.41) is 0. The molecule has 0 saturated heterocycles. The highest BCUT2D eigenvalue weighted by molar-refractivity contribution is 7.86. The van der Waals surface area contributed by atoms with E-state index in [1.54, 1.807) is 0 Å². The number of hydrogen-bond donors (Lipinski definition) is 1. The standard InChI is InChI=1S/C21H30O3S.C16H21NO2.CH4.ClH.3H2S/c1-15(17-8-6-5-7-9-17)24-19(22)18-12-21(13-18)10-16(11-21)14-25(23)20(2,3)4;1-11(12-5-3-2-4-6-12)19-15(18)13-7-16(8-13)9-14(17)10-16;;;;;/h5-9,15-16,18H,10-14H2,1-4H3;2-6,11,13-14H,7-10,17H2,1H3;1H4;1H;3*1H2/t15-,16?,18?,21?,25+;11-,13?,14?,16?;;;;;/m00...../s1. The average molecular weight is 777 g/mol. The van der Waals surface area contributed by atoms with Gasteiger partial charge in [-0.15, -0.1) is 12.4 Å². The second-order valence-electron chi connectivity index (χ2n) is 15.3. The van der Waals surface area contributed by atoms with E-state index >= 15 is 0 Å². The normalized spacial score (nSPS) is 29.0. The molecular weight excluding hydrogens is 714 g/mol. The molecule has 4 aliphatic rings. The summed E-state index contributed by atoms with van der Waals surface area (Å²) in [6, 6.07) is 20.1. The van der Waals surface area contributed by atoms with Gasteiger partial charge in [-0.1, -0.05) is 68.1 Å². The Morgan fingerprint density at radius 2 is 1.08 bits per heavy atom. The van der Waals surface area contributed by atoms with Crippen LogP contribution in [0.5, 0.6) is 0 Å². The van der Waals surface area contributed by atoms with Crippen LogP contribution in [0.25, 0.3) is 0 Å². The number of carbonyl (C=O) groups is 2. The molecule has 2 spiro atoms. The Kier molecular flexibility index (Phi) is 19.1. The molecule has 2 N–H and O–H groups in total. The predicted molar refractivity (Wildman–Crippen MR) is 220 cm³/mol. The highest BCUT2D eigenvalue weighted by Gasteiger charge is 2.56. The molecule has 0 aliphatic heterocycles. The molecule has 0 unspecified atom stereocenters. The van der Waals surface area contributed by atoms with Crippen molar-refractivity contribution in [2.75, 3.05) is 5.75 Å². The second-order valence-corrected chi connectivity index (χ2v) is 17.5. The van der Waals surface area contributed by atoms with Crippen LogP contribution in [-0.4, -0.2) is 32.7 Å². The zero-order chi connectivity index (χ0) is 31.7. The van der Waals surface area contributed by atoms with Crippen molar-refractivity contribution in [1.29, 1.82) is 0 Å². The van der Waals surface area contributed by atoms with Gasteiger partial charge in [0, 0.05) is 27.3 Å². The van der Waals surface area contributed by atoms with Crippen LogP contribution < -0.4 is 5.73 Å². The molecule has 4 aliphatic carbocycles. The topological polar surface area (TPSA) is 95.7 Å². The van der Waals surface area contributed by atoms with Crippen molar-refractivity contribution in [3.05, 3.63) is 71.8 Å². The first-order valence-corrected chi connectivity index (χ1v) is 17.7. The largest absolute Gasteiger partial charge is 0.458 e. The van der Waals surface area contributed by atoms with E-state index in [0.717, 1.165) is 68.2 Å². The summed E-state index contributed by atoms with van der Waals surface area (Å²) in [5.41, 5.74) is 8.64. The van der Waals surface area contributed by atoms with Crippen LogP contribution in [0, 0.1) is 28.6 Å². The summed E-state index contributed by atoms with van der Waals surface area (Å²) < 4.78 is 23.3. The number of nitrogens with two attached hydrogens (primary N) is 1. The molecular formula is C38H62ClNO5S4. The molecule has 6 rings (SSSR count). The van der Waals surface area contributed by atoms with Crippen molar-refractivity contribution in [2.24, 2.45) is 34.3 Å². The van der Waals surface area contributed by atoms with Crippen molar-refractivity contribution in [3.8, 4) is 0 Å². The van der Waals surface area contributed by atoms with Gasteiger partial charge in [0.15, 0.2) is 0 Å². The SMILES string of the molecule is C.C[C@H](OC(=O)C1CC2(CC(C[S@@](=O)C(C)(C)C)C2)C1)c1ccccc1.C[C@H](OC(=O)C1CC2(CC(N)C2)C1)c1ccccc1.Cl.S.S.S. The van der Waals surface area contributed by atoms with Crippen LogP contribution in [0.4, 0.5) is 0 Å². The first-order chi connectivity index (χ1) is 20.8. The maximum absolute atomic E-state index is 12.4. The summed E-state index contributed by atoms with van der Waals surface area (Å²) in [5.74, 6) is 1.44. The van der Waals surface area contributed by atoms with Gasteiger partial charge in [0.1, 0.15) is 12.2 Å². The number of hydrogen-bond acceptors (Lipinski definition) is 6. The Hall–Kier alpha value is -1.17. The lowest BCUT2D eigenvalue weighted by molar-refractivity contribution is -0.169. The van der Waals surface area contributed by atoms with Crippen LogP contribution in [0.3, 0.4) is 0 Å². The van der Waals surface area contributed by atoms with Crippen molar-refractivity contribution < 1.29 is 23.3 Å². The summed E-state index contributed by atoms with van der Waals surface area (Å²) in [4.78, 5) is 24.4. The molecule has 0 radical (unpaired) electrons. The zero-order valence-electron chi connectivity index (χ0n) is 29.0. The minimum absolute atomic E-state index is 0. The molecule has 0 amide bonds. The molecule has 2 aromatic carbocycles. The third-order valence-electron chi connectivity index (χ3n) is 10.4. The lowest BCUT2D eigenvalue weighted by atomic mass is 9.48. The lowest BCUT2D eigenvalue weighted by Crippen LogP contribution is -2.55. The third-order valence-corrected chi connectivity index (χ3v) is 12.6. The molecule has 2 aromatic rings. The molecule has 0 bridgehead atoms. The van der Waals surface area contributed by atoms with Gasteiger partial charge in [0.05, 0.1) is 11.8 Å². The van der Waals surface area contributed by atoms with E-state index in [1.165, 1.54) is 0 Å². The first kappa shape index (κ1) is 47.8. The van der Waals surface area contributed by atoms with E-state index in [4.69, 9.17) is 15.2 Å². The number of esters is 2. The van der Waals surface area contributed by atoms with E-state index < -0.39 is 10.8 Å². The molecule has 6 nitrogen and oxygen atoms in total. The zero-order valence-corrected chi connectivity index (χ0v) is 33.7. The Morgan fingerprint density at radius 3 is 1.41 bits per heavy atom. The summed E-state index contributed by atoms with van der Waals surface area (Å²) in [6.45, 7) is 9.99. The lowest BCUT2D eigenvalue weighted by Gasteiger charge is -2.57. The molecule has 0 aromatic heterocycles. The van der Waals surface area contributed by atoms with E-state index in [9.17, 15) is 13.8 Å². The van der Waals surface area contributed by atoms with E-state index in [-0.39, 0.29) is 101 Å². The quantitative estimate of drug-likeness (QED) is 0.270. The Balaban J connectivity index is 0.000000876. The van der Waals surface area contributed by atoms with E-state index in [1.807, 2.05) is 95.3 Å². The molecule has 280 valence electrons. The van der Waals surface area contributed by atoms with Crippen LogP contribution in [0.2, 0.25) is 0 Å². The maximum Gasteiger partial charge on any atom is 0.309 e. The van der Waals surface area contributed by atoms with E-state index in [2.05, 4.69) is 0 Å². The fraction of sp³-hybridized carbons (Fsp3) is 0.632. The monoisotopic (exact) mass is 775 g/mol. The summed E-state index contributed by atoms with van der Waals surface area (Å²) >= 11 is 0. The predicted octanol–water partition coefficient (Wildman–Crippen LogP) is 8.85. The number of rotatable bonds is 8. The molecule has 49 heavy (non-hydrogen) atoms. The smallest absolute Gasteiger partial charge is 0.309 e. The molecule has 11 heteroatoms. The van der Waals surface area contributed by atoms with Gasteiger partial charge in [-0.05, 0) is 114 Å². The van der Waals surface area contributed by atoms with Gasteiger partial charge < -0.3 is 15.2 Å². The van der Waals surface area contributed by atoms with Crippen LogP contribution in [-0.2, 0) is 29.9 Å². The first-order valence-electron chi connectivity index (χ1n) is 16.4. The van der Waals surface area contributed by atoms with Gasteiger partial charge in [-0.25, -0.2) is 0 Å². The van der Waals surface area contributed by atoms with Gasteiger partial charge in [-0.2, -0.15) is 40.5 Å². The summed E-state index contributed by atoms with van der Waals surface area (Å²) in [6.07, 6.45) is 7.94. The highest BCUT2D eigenvalue weighted by atomic mass is 35.5. The van der Waals surface area contributed by atoms with Gasteiger partial charge >= 0.3 is 11.9 Å². The number of benzene rings is 2. The van der Waals surface area contributed by atoms with Gasteiger partial charge in [0.2, 0.25) is 0 Å². The minimum Gasteiger partial charge on any atom is -0.458 e. The number of carbonyl (C=O) groups excluding carboxylic acids is 2. The molecule has 3 atom stereocenters. The highest BCUT2D eigenvalue weighted by Crippen LogP contribution is 2.62. The average Bonchev–Trinajstić information content (AvgIpc) is 2.90. The third kappa shape index (κ3) is 11.9. The second kappa shape index (κ2) is 19.6. The molecule has 0 heterocycles.